The summed E-state index contributed by atoms with van der Waals surface area (Å²) in [6, 6.07) is 2.11. The van der Waals surface area contributed by atoms with E-state index in [0.29, 0.717) is 0 Å². The first-order chi connectivity index (χ1) is 6.06. The molecule has 0 spiro atoms. The summed E-state index contributed by atoms with van der Waals surface area (Å²) in [6.45, 7) is 0. The van der Waals surface area contributed by atoms with Crippen LogP contribution >= 0.6 is 11.8 Å². The van der Waals surface area contributed by atoms with Crippen LogP contribution in [0.25, 0.3) is 0 Å². The zero-order chi connectivity index (χ0) is 10.0. The monoisotopic (exact) mass is 202 g/mol. The molecule has 0 saturated carbocycles. The molecular formula is C8H8F2N2S. The summed E-state index contributed by atoms with van der Waals surface area (Å²) in [6.07, 6.45) is 1.58. The molecule has 0 bridgehead atoms. The lowest BCUT2D eigenvalue weighted by Gasteiger charge is -2.04. The number of benzene rings is 1. The van der Waals surface area contributed by atoms with Crippen LogP contribution in [0, 0.1) is 17.0 Å². The maximum absolute atomic E-state index is 13.1. The van der Waals surface area contributed by atoms with Crippen molar-refractivity contribution in [2.75, 3.05) is 6.26 Å². The molecular weight excluding hydrogens is 194 g/mol. The smallest absolute Gasteiger partial charge is 0.140 e. The van der Waals surface area contributed by atoms with Crippen molar-refractivity contribution < 1.29 is 8.78 Å². The molecule has 13 heavy (non-hydrogen) atoms. The van der Waals surface area contributed by atoms with Crippen LogP contribution in [0.15, 0.2) is 17.0 Å². The molecule has 0 aliphatic rings. The van der Waals surface area contributed by atoms with Crippen LogP contribution < -0.4 is 5.73 Å². The molecule has 0 fully saturated rings. The predicted molar refractivity (Wildman–Crippen MR) is 49.2 cm³/mol. The summed E-state index contributed by atoms with van der Waals surface area (Å²) in [5, 5.41) is 6.99. The normalized spacial score (nSPS) is 10.1. The van der Waals surface area contributed by atoms with Gasteiger partial charge in [-0.05, 0) is 18.4 Å². The van der Waals surface area contributed by atoms with Crippen LogP contribution in [0.2, 0.25) is 0 Å². The molecule has 3 N–H and O–H groups in total. The molecule has 0 unspecified atom stereocenters. The fourth-order valence-electron chi connectivity index (χ4n) is 0.910. The Labute approximate surface area is 78.6 Å². The van der Waals surface area contributed by atoms with Gasteiger partial charge in [0, 0.05) is 5.56 Å². The minimum absolute atomic E-state index is 0.0509. The summed E-state index contributed by atoms with van der Waals surface area (Å²) < 4.78 is 26.1. The number of hydrogen-bond acceptors (Lipinski definition) is 2. The van der Waals surface area contributed by atoms with Gasteiger partial charge in [0.25, 0.3) is 0 Å². The number of hydrogen-bond donors (Lipinski definition) is 2. The quantitative estimate of drug-likeness (QED) is 0.437. The Morgan fingerprint density at radius 1 is 1.38 bits per heavy atom. The molecule has 0 aliphatic heterocycles. The fraction of sp³-hybridized carbons (Fsp3) is 0.125. The Balaban J connectivity index is 3.28. The van der Waals surface area contributed by atoms with Gasteiger partial charge in [-0.3, -0.25) is 5.41 Å². The fourth-order valence-corrected chi connectivity index (χ4v) is 1.42. The SMILES string of the molecule is CSc1c(F)cc(C(=N)N)cc1F. The summed E-state index contributed by atoms with van der Waals surface area (Å²) in [7, 11) is 0. The number of nitrogens with one attached hydrogen (secondary N) is 1. The minimum Gasteiger partial charge on any atom is -0.384 e. The molecule has 0 heterocycles. The lowest BCUT2D eigenvalue weighted by molar-refractivity contribution is 0.540. The molecule has 1 rings (SSSR count). The zero-order valence-electron chi connectivity index (χ0n) is 6.90. The number of nitrogens with two attached hydrogens (primary N) is 1. The number of halogens is 2. The lowest BCUT2D eigenvalue weighted by atomic mass is 10.2. The average Bonchev–Trinajstić information content (AvgIpc) is 2.03. The third kappa shape index (κ3) is 1.98. The van der Waals surface area contributed by atoms with E-state index in [2.05, 4.69) is 0 Å². The predicted octanol–water partition coefficient (Wildman–Crippen LogP) is 1.97. The number of nitrogen functional groups attached to an aromatic ring is 1. The van der Waals surface area contributed by atoms with E-state index in [1.165, 1.54) is 0 Å². The van der Waals surface area contributed by atoms with Gasteiger partial charge in [0.2, 0.25) is 0 Å². The van der Waals surface area contributed by atoms with Gasteiger partial charge in [-0.2, -0.15) is 0 Å². The molecule has 5 heteroatoms. The van der Waals surface area contributed by atoms with Gasteiger partial charge >= 0.3 is 0 Å². The second kappa shape index (κ2) is 3.74. The van der Waals surface area contributed by atoms with E-state index in [1.807, 2.05) is 0 Å². The van der Waals surface area contributed by atoms with E-state index in [1.54, 1.807) is 6.26 Å². The number of rotatable bonds is 2. The van der Waals surface area contributed by atoms with Crippen molar-refractivity contribution in [1.82, 2.24) is 0 Å². The third-order valence-electron chi connectivity index (χ3n) is 1.51. The first kappa shape index (κ1) is 9.98. The van der Waals surface area contributed by atoms with Crippen molar-refractivity contribution in [3.8, 4) is 0 Å². The Bertz CT molecular complexity index is 329. The van der Waals surface area contributed by atoms with Gasteiger partial charge in [-0.15, -0.1) is 11.8 Å². The average molecular weight is 202 g/mol. The molecule has 0 saturated heterocycles. The first-order valence-electron chi connectivity index (χ1n) is 3.43. The summed E-state index contributed by atoms with van der Waals surface area (Å²) >= 11 is 0.981. The Hall–Kier alpha value is -1.10. The molecule has 70 valence electrons. The maximum Gasteiger partial charge on any atom is 0.140 e. The molecule has 1 aromatic rings. The Kier molecular flexibility index (Phi) is 2.87. The topological polar surface area (TPSA) is 49.9 Å². The van der Waals surface area contributed by atoms with Gasteiger partial charge in [-0.25, -0.2) is 8.78 Å². The first-order valence-corrected chi connectivity index (χ1v) is 4.66. The minimum atomic E-state index is -0.683. The van der Waals surface area contributed by atoms with Crippen LogP contribution in [0.4, 0.5) is 8.78 Å². The van der Waals surface area contributed by atoms with E-state index < -0.39 is 11.6 Å². The van der Waals surface area contributed by atoms with Crippen LogP contribution in [0.1, 0.15) is 5.56 Å². The molecule has 0 atom stereocenters. The van der Waals surface area contributed by atoms with Crippen LogP contribution in [0.5, 0.6) is 0 Å². The highest BCUT2D eigenvalue weighted by atomic mass is 32.2. The Morgan fingerprint density at radius 2 is 1.85 bits per heavy atom. The molecule has 0 aliphatic carbocycles. The lowest BCUT2D eigenvalue weighted by Crippen LogP contribution is -2.12. The van der Waals surface area contributed by atoms with Crippen molar-refractivity contribution in [3.05, 3.63) is 29.3 Å². The van der Waals surface area contributed by atoms with Gasteiger partial charge in [-0.1, -0.05) is 0 Å². The van der Waals surface area contributed by atoms with E-state index in [4.69, 9.17) is 11.1 Å². The van der Waals surface area contributed by atoms with E-state index in [-0.39, 0.29) is 16.3 Å². The highest BCUT2D eigenvalue weighted by molar-refractivity contribution is 7.98. The van der Waals surface area contributed by atoms with Crippen LogP contribution in [0.3, 0.4) is 0 Å². The highest BCUT2D eigenvalue weighted by Gasteiger charge is 2.10. The summed E-state index contributed by atoms with van der Waals surface area (Å²) in [5.74, 6) is -1.71. The molecule has 2 nitrogen and oxygen atoms in total. The molecule has 0 aromatic heterocycles. The largest absolute Gasteiger partial charge is 0.384 e. The third-order valence-corrected chi connectivity index (χ3v) is 2.31. The van der Waals surface area contributed by atoms with E-state index in [0.717, 1.165) is 23.9 Å². The standard InChI is InChI=1S/C8H8F2N2S/c1-13-7-5(9)2-4(8(11)12)3-6(7)10/h2-3H,1H3,(H3,11,12). The Morgan fingerprint density at radius 3 is 2.15 bits per heavy atom. The van der Waals surface area contributed by atoms with Crippen molar-refractivity contribution in [2.45, 2.75) is 4.90 Å². The number of thioether (sulfide) groups is 1. The zero-order valence-corrected chi connectivity index (χ0v) is 7.71. The number of amidine groups is 1. The van der Waals surface area contributed by atoms with Crippen molar-refractivity contribution >= 4 is 17.6 Å². The van der Waals surface area contributed by atoms with Crippen LogP contribution in [-0.4, -0.2) is 12.1 Å². The van der Waals surface area contributed by atoms with Gasteiger partial charge in [0.05, 0.1) is 4.90 Å². The maximum atomic E-state index is 13.1. The summed E-state index contributed by atoms with van der Waals surface area (Å²) in [4.78, 5) is -0.0509. The second-order valence-corrected chi connectivity index (χ2v) is 3.20. The van der Waals surface area contributed by atoms with Crippen molar-refractivity contribution in [2.24, 2.45) is 5.73 Å². The van der Waals surface area contributed by atoms with Gasteiger partial charge in [0.15, 0.2) is 0 Å². The summed E-state index contributed by atoms with van der Waals surface area (Å²) in [5.41, 5.74) is 5.15. The van der Waals surface area contributed by atoms with E-state index in [9.17, 15) is 8.78 Å². The van der Waals surface area contributed by atoms with E-state index >= 15 is 0 Å². The molecule has 1 aromatic carbocycles. The van der Waals surface area contributed by atoms with Crippen molar-refractivity contribution in [3.63, 3.8) is 0 Å². The van der Waals surface area contributed by atoms with Gasteiger partial charge in [0.1, 0.15) is 17.5 Å². The second-order valence-electron chi connectivity index (χ2n) is 2.39. The van der Waals surface area contributed by atoms with Crippen molar-refractivity contribution in [1.29, 1.82) is 5.41 Å². The van der Waals surface area contributed by atoms with Crippen LogP contribution in [-0.2, 0) is 0 Å². The molecule has 0 radical (unpaired) electrons. The highest BCUT2D eigenvalue weighted by Crippen LogP contribution is 2.23. The van der Waals surface area contributed by atoms with Gasteiger partial charge < -0.3 is 5.73 Å². The molecule has 0 amide bonds.